The Balaban J connectivity index is 1.32. The van der Waals surface area contributed by atoms with Crippen molar-refractivity contribution in [1.82, 2.24) is 19.7 Å². The van der Waals surface area contributed by atoms with Crippen LogP contribution in [0, 0.1) is 6.92 Å². The highest BCUT2D eigenvalue weighted by Gasteiger charge is 2.36. The average molecular weight is 468 g/mol. The molecule has 1 aliphatic rings. The molecule has 2 N–H and O–H groups in total. The van der Waals surface area contributed by atoms with Gasteiger partial charge in [-0.15, -0.1) is 0 Å². The molecule has 0 radical (unpaired) electrons. The van der Waals surface area contributed by atoms with E-state index in [1.165, 1.54) is 0 Å². The number of aromatic nitrogens is 4. The van der Waals surface area contributed by atoms with Crippen LogP contribution in [0.5, 0.6) is 0 Å². The number of alkyl halides is 2. The molecule has 1 aromatic carbocycles. The summed E-state index contributed by atoms with van der Waals surface area (Å²) in [5, 5.41) is 9.43. The van der Waals surface area contributed by atoms with Crippen molar-refractivity contribution in [3.63, 3.8) is 0 Å². The van der Waals surface area contributed by atoms with Crippen molar-refractivity contribution in [2.45, 2.75) is 44.4 Å². The summed E-state index contributed by atoms with van der Waals surface area (Å²) in [6.45, 7) is 6.13. The molecule has 3 aromatic heterocycles. The van der Waals surface area contributed by atoms with Gasteiger partial charge in [-0.1, -0.05) is 18.2 Å². The summed E-state index contributed by atoms with van der Waals surface area (Å²) in [4.78, 5) is 7.84. The summed E-state index contributed by atoms with van der Waals surface area (Å²) >= 11 is 6.14. The van der Waals surface area contributed by atoms with E-state index in [2.05, 4.69) is 27.0 Å². The first kappa shape index (κ1) is 21.6. The molecule has 4 aromatic rings. The molecule has 3 heterocycles. The van der Waals surface area contributed by atoms with E-state index in [-0.39, 0.29) is 18.8 Å². The van der Waals surface area contributed by atoms with Crippen LogP contribution in [0.4, 0.5) is 14.5 Å². The van der Waals surface area contributed by atoms with Crippen molar-refractivity contribution < 1.29 is 8.78 Å². The summed E-state index contributed by atoms with van der Waals surface area (Å²) in [7, 11) is 0. The lowest BCUT2D eigenvalue weighted by Crippen LogP contribution is -2.24. The second kappa shape index (κ2) is 8.30. The van der Waals surface area contributed by atoms with Crippen molar-refractivity contribution in [3.05, 3.63) is 77.5 Å². The smallest absolute Gasteiger partial charge is 0.248 e. The van der Waals surface area contributed by atoms with Gasteiger partial charge in [0.2, 0.25) is 5.92 Å². The molecule has 1 aliphatic carbocycles. The van der Waals surface area contributed by atoms with E-state index in [0.717, 1.165) is 39.1 Å². The molecular weight excluding hydrogens is 444 g/mol. The van der Waals surface area contributed by atoms with Gasteiger partial charge in [0.05, 0.1) is 23.8 Å². The number of hydrogen-bond acceptors (Lipinski definition) is 3. The third kappa shape index (κ3) is 4.37. The lowest BCUT2D eigenvalue weighted by molar-refractivity contribution is -0.0385. The Bertz CT molecular complexity index is 1330. The zero-order valence-electron chi connectivity index (χ0n) is 18.2. The Morgan fingerprint density at radius 3 is 2.79 bits per heavy atom. The molecule has 5 rings (SSSR count). The highest BCUT2D eigenvalue weighted by Crippen LogP contribution is 2.41. The molecular formula is C25H24ClF2N5. The molecule has 170 valence electrons. The number of benzene rings is 1. The monoisotopic (exact) mass is 467 g/mol. The number of nitrogens with zero attached hydrogens (tertiary/aromatic N) is 3. The maximum atomic E-state index is 13.5. The molecule has 1 fully saturated rings. The second-order valence-electron chi connectivity index (χ2n) is 8.70. The Morgan fingerprint density at radius 1 is 1.24 bits per heavy atom. The number of halogens is 3. The minimum Gasteiger partial charge on any atom is -0.359 e. The van der Waals surface area contributed by atoms with Crippen LogP contribution >= 0.6 is 11.6 Å². The van der Waals surface area contributed by atoms with E-state index in [0.29, 0.717) is 23.6 Å². The van der Waals surface area contributed by atoms with Gasteiger partial charge in [0, 0.05) is 64.0 Å². The van der Waals surface area contributed by atoms with Gasteiger partial charge in [0.25, 0.3) is 0 Å². The third-order valence-electron chi connectivity index (χ3n) is 6.33. The number of rotatable bonds is 5. The molecule has 33 heavy (non-hydrogen) atoms. The largest absolute Gasteiger partial charge is 0.359 e. The van der Waals surface area contributed by atoms with E-state index in [9.17, 15) is 8.78 Å². The van der Waals surface area contributed by atoms with E-state index >= 15 is 0 Å². The van der Waals surface area contributed by atoms with Crippen LogP contribution in [-0.2, 0) is 0 Å². The lowest BCUT2D eigenvalue weighted by atomic mass is 9.83. The van der Waals surface area contributed by atoms with E-state index in [1.54, 1.807) is 17.1 Å². The first-order valence-corrected chi connectivity index (χ1v) is 11.3. The predicted molar refractivity (Wildman–Crippen MR) is 128 cm³/mol. The number of H-pyrrole nitrogens is 1. The van der Waals surface area contributed by atoms with Gasteiger partial charge in [-0.05, 0) is 49.6 Å². The predicted octanol–water partition coefficient (Wildman–Crippen LogP) is 7.09. The third-order valence-corrected chi connectivity index (χ3v) is 6.57. The van der Waals surface area contributed by atoms with Crippen molar-refractivity contribution in [2.75, 3.05) is 5.32 Å². The van der Waals surface area contributed by atoms with Crippen LogP contribution < -0.4 is 5.32 Å². The average Bonchev–Trinajstić information content (AvgIpc) is 3.42. The van der Waals surface area contributed by atoms with Gasteiger partial charge in [0.1, 0.15) is 0 Å². The minimum absolute atomic E-state index is 0.0687. The van der Waals surface area contributed by atoms with Crippen molar-refractivity contribution in [3.8, 4) is 5.69 Å². The highest BCUT2D eigenvalue weighted by molar-refractivity contribution is 6.31. The van der Waals surface area contributed by atoms with Gasteiger partial charge in [-0.25, -0.2) is 13.5 Å². The summed E-state index contributed by atoms with van der Waals surface area (Å²) in [6, 6.07) is 7.68. The maximum absolute atomic E-state index is 13.5. The fraction of sp³-hybridized carbons (Fsp3) is 0.280. The Kier molecular flexibility index (Phi) is 5.44. The van der Waals surface area contributed by atoms with Crippen molar-refractivity contribution >= 4 is 33.9 Å². The molecule has 0 saturated heterocycles. The standard InChI is InChI=1S/C25H24ClF2N5/c1-15-9-20(12-30-24(15)17-5-7-25(27,28)8-6-17)33-14-18(11-31-33)16(2)32-23-13-29-22-4-3-19(26)10-21(22)23/h3-4,9-14,17,29,32H,2,5-8H2,1H3. The lowest BCUT2D eigenvalue weighted by Gasteiger charge is -2.28. The first-order chi connectivity index (χ1) is 15.8. The maximum Gasteiger partial charge on any atom is 0.248 e. The van der Waals surface area contributed by atoms with Gasteiger partial charge in [-0.3, -0.25) is 4.98 Å². The van der Waals surface area contributed by atoms with E-state index in [4.69, 9.17) is 11.6 Å². The molecule has 0 amide bonds. The van der Waals surface area contributed by atoms with Gasteiger partial charge < -0.3 is 10.3 Å². The SMILES string of the molecule is C=C(Nc1c[nH]c2ccc(Cl)cc12)c1cnn(-c2cnc(C3CCC(F)(F)CC3)c(C)c2)c1. The van der Waals surface area contributed by atoms with E-state index < -0.39 is 5.92 Å². The summed E-state index contributed by atoms with van der Waals surface area (Å²) in [5.41, 5.74) is 6.11. The number of hydrogen-bond donors (Lipinski definition) is 2. The van der Waals surface area contributed by atoms with Crippen LogP contribution in [0.15, 0.2) is 55.6 Å². The normalized spacial score (nSPS) is 16.2. The molecule has 5 nitrogen and oxygen atoms in total. The number of nitrogens with one attached hydrogen (secondary N) is 2. The zero-order chi connectivity index (χ0) is 23.2. The van der Waals surface area contributed by atoms with Crippen LogP contribution in [0.25, 0.3) is 22.3 Å². The summed E-state index contributed by atoms with van der Waals surface area (Å²) in [6.07, 6.45) is 8.06. The molecule has 0 spiro atoms. The van der Waals surface area contributed by atoms with Crippen molar-refractivity contribution in [1.29, 1.82) is 0 Å². The Hall–Kier alpha value is -3.19. The summed E-state index contributed by atoms with van der Waals surface area (Å²) in [5.74, 6) is -2.45. The Morgan fingerprint density at radius 2 is 2.03 bits per heavy atom. The molecule has 1 saturated carbocycles. The quantitative estimate of drug-likeness (QED) is 0.329. The number of fused-ring (bicyclic) bond motifs is 1. The van der Waals surface area contributed by atoms with Crippen LogP contribution in [0.3, 0.4) is 0 Å². The second-order valence-corrected chi connectivity index (χ2v) is 9.13. The first-order valence-electron chi connectivity index (χ1n) is 10.9. The Labute approximate surface area is 195 Å². The molecule has 0 aliphatic heterocycles. The van der Waals surface area contributed by atoms with Crippen molar-refractivity contribution in [2.24, 2.45) is 0 Å². The fourth-order valence-electron chi connectivity index (χ4n) is 4.49. The number of aromatic amines is 1. The van der Waals surface area contributed by atoms with Crippen LogP contribution in [0.2, 0.25) is 5.02 Å². The van der Waals surface area contributed by atoms with Gasteiger partial charge in [0.15, 0.2) is 0 Å². The highest BCUT2D eigenvalue weighted by atomic mass is 35.5. The molecule has 8 heteroatoms. The summed E-state index contributed by atoms with van der Waals surface area (Å²) < 4.78 is 28.8. The van der Waals surface area contributed by atoms with Gasteiger partial charge >= 0.3 is 0 Å². The van der Waals surface area contributed by atoms with Crippen LogP contribution in [-0.4, -0.2) is 25.7 Å². The topological polar surface area (TPSA) is 58.5 Å². The fourth-order valence-corrected chi connectivity index (χ4v) is 4.66. The molecule has 0 atom stereocenters. The van der Waals surface area contributed by atoms with Gasteiger partial charge in [-0.2, -0.15) is 5.10 Å². The number of pyridine rings is 1. The van der Waals surface area contributed by atoms with E-state index in [1.807, 2.05) is 43.6 Å². The molecule has 0 unspecified atom stereocenters. The number of aryl methyl sites for hydroxylation is 1. The minimum atomic E-state index is -2.54. The molecule has 0 bridgehead atoms. The number of anilines is 1. The van der Waals surface area contributed by atoms with Crippen LogP contribution in [0.1, 0.15) is 48.4 Å². The zero-order valence-corrected chi connectivity index (χ0v) is 19.0.